The molecule has 0 atom stereocenters. The zero-order valence-electron chi connectivity index (χ0n) is 16.3. The number of Topliss-reactive ketones (excluding diaryl/α,β-unsaturated/α-hetero) is 1. The minimum absolute atomic E-state index is 0.114. The van der Waals surface area contributed by atoms with Gasteiger partial charge in [0.15, 0.2) is 5.78 Å². The van der Waals surface area contributed by atoms with Gasteiger partial charge in [0.2, 0.25) is 5.91 Å². The summed E-state index contributed by atoms with van der Waals surface area (Å²) in [7, 11) is 0. The average Bonchev–Trinajstić information content (AvgIpc) is 2.75. The minimum Gasteiger partial charge on any atom is -0.340 e. The summed E-state index contributed by atoms with van der Waals surface area (Å²) in [6.45, 7) is 4.24. The normalized spacial score (nSPS) is 15.1. The minimum atomic E-state index is 0.114. The number of benzene rings is 2. The third-order valence-electron chi connectivity index (χ3n) is 5.09. The second-order valence-corrected chi connectivity index (χ2v) is 7.14. The van der Waals surface area contributed by atoms with Gasteiger partial charge in [0.1, 0.15) is 0 Å². The molecule has 1 fully saturated rings. The Kier molecular flexibility index (Phi) is 7.56. The summed E-state index contributed by atoms with van der Waals surface area (Å²) in [5, 5.41) is 0. The molecule has 1 amide bonds. The van der Waals surface area contributed by atoms with E-state index in [1.165, 1.54) is 5.56 Å². The van der Waals surface area contributed by atoms with Crippen molar-refractivity contribution < 1.29 is 9.59 Å². The molecular formula is C24H28N2O2. The molecule has 0 radical (unpaired) electrons. The SMILES string of the molecule is O=C(CCCC(=O)N1CCN(C/C=C/c2ccccc2)CC1)c1ccccc1. The molecule has 0 aliphatic carbocycles. The highest BCUT2D eigenvalue weighted by Gasteiger charge is 2.20. The van der Waals surface area contributed by atoms with Crippen LogP contribution in [-0.4, -0.2) is 54.2 Å². The molecule has 1 saturated heterocycles. The Morgan fingerprint density at radius 1 is 0.821 bits per heavy atom. The predicted molar refractivity (Wildman–Crippen MR) is 113 cm³/mol. The monoisotopic (exact) mass is 376 g/mol. The van der Waals surface area contributed by atoms with E-state index in [-0.39, 0.29) is 11.7 Å². The quantitative estimate of drug-likeness (QED) is 0.656. The van der Waals surface area contributed by atoms with Crippen LogP contribution in [0.15, 0.2) is 66.7 Å². The van der Waals surface area contributed by atoms with Gasteiger partial charge in [-0.3, -0.25) is 14.5 Å². The Bertz CT molecular complexity index is 779. The molecular weight excluding hydrogens is 348 g/mol. The molecule has 2 aromatic rings. The molecule has 0 spiro atoms. The van der Waals surface area contributed by atoms with Crippen LogP contribution in [0.1, 0.15) is 35.2 Å². The van der Waals surface area contributed by atoms with E-state index in [9.17, 15) is 9.59 Å². The zero-order chi connectivity index (χ0) is 19.6. The lowest BCUT2D eigenvalue weighted by Crippen LogP contribution is -2.48. The van der Waals surface area contributed by atoms with Crippen molar-refractivity contribution in [1.82, 2.24) is 9.80 Å². The zero-order valence-corrected chi connectivity index (χ0v) is 16.3. The Balaban J connectivity index is 1.33. The maximum Gasteiger partial charge on any atom is 0.222 e. The van der Waals surface area contributed by atoms with Crippen molar-refractivity contribution in [3.63, 3.8) is 0 Å². The largest absolute Gasteiger partial charge is 0.340 e. The van der Waals surface area contributed by atoms with Gasteiger partial charge in [-0.15, -0.1) is 0 Å². The number of ketones is 1. The smallest absolute Gasteiger partial charge is 0.222 e. The maximum atomic E-state index is 12.4. The number of hydrogen-bond acceptors (Lipinski definition) is 3. The molecule has 4 heteroatoms. The van der Waals surface area contributed by atoms with Crippen LogP contribution in [-0.2, 0) is 4.79 Å². The lowest BCUT2D eigenvalue weighted by atomic mass is 10.1. The van der Waals surface area contributed by atoms with Crippen molar-refractivity contribution in [2.75, 3.05) is 32.7 Å². The van der Waals surface area contributed by atoms with Crippen molar-refractivity contribution in [2.45, 2.75) is 19.3 Å². The molecule has 146 valence electrons. The fraction of sp³-hybridized carbons (Fsp3) is 0.333. The molecule has 0 bridgehead atoms. The van der Waals surface area contributed by atoms with E-state index < -0.39 is 0 Å². The Morgan fingerprint density at radius 3 is 2.14 bits per heavy atom. The van der Waals surface area contributed by atoms with Crippen molar-refractivity contribution in [1.29, 1.82) is 0 Å². The van der Waals surface area contributed by atoms with E-state index in [0.29, 0.717) is 19.3 Å². The number of hydrogen-bond donors (Lipinski definition) is 0. The molecule has 0 aromatic heterocycles. The van der Waals surface area contributed by atoms with E-state index >= 15 is 0 Å². The third-order valence-corrected chi connectivity index (χ3v) is 5.09. The van der Waals surface area contributed by atoms with Crippen LogP contribution in [0.5, 0.6) is 0 Å². The summed E-state index contributed by atoms with van der Waals surface area (Å²) in [5.41, 5.74) is 1.94. The second kappa shape index (κ2) is 10.6. The lowest BCUT2D eigenvalue weighted by Gasteiger charge is -2.34. The highest BCUT2D eigenvalue weighted by atomic mass is 16.2. The average molecular weight is 377 g/mol. The highest BCUT2D eigenvalue weighted by Crippen LogP contribution is 2.10. The van der Waals surface area contributed by atoms with Crippen LogP contribution in [0.3, 0.4) is 0 Å². The van der Waals surface area contributed by atoms with Crippen LogP contribution in [0.2, 0.25) is 0 Å². The first-order chi connectivity index (χ1) is 13.7. The van der Waals surface area contributed by atoms with Crippen LogP contribution >= 0.6 is 0 Å². The number of carbonyl (C=O) groups excluding carboxylic acids is 2. The molecule has 0 N–H and O–H groups in total. The molecule has 0 saturated carbocycles. The van der Waals surface area contributed by atoms with Crippen molar-refractivity contribution in [3.05, 3.63) is 77.9 Å². The third kappa shape index (κ3) is 6.17. The molecule has 1 heterocycles. The summed E-state index contributed by atoms with van der Waals surface area (Å²) < 4.78 is 0. The number of piperazine rings is 1. The lowest BCUT2D eigenvalue weighted by molar-refractivity contribution is -0.132. The first-order valence-electron chi connectivity index (χ1n) is 10.0. The number of carbonyl (C=O) groups is 2. The van der Waals surface area contributed by atoms with Gasteiger partial charge < -0.3 is 4.90 Å². The first-order valence-corrected chi connectivity index (χ1v) is 10.0. The maximum absolute atomic E-state index is 12.4. The van der Waals surface area contributed by atoms with Crippen molar-refractivity contribution in [2.24, 2.45) is 0 Å². The van der Waals surface area contributed by atoms with E-state index in [2.05, 4.69) is 29.2 Å². The summed E-state index contributed by atoms with van der Waals surface area (Å²) in [6, 6.07) is 19.6. The van der Waals surface area contributed by atoms with E-state index in [1.54, 1.807) is 0 Å². The molecule has 3 rings (SSSR count). The molecule has 2 aromatic carbocycles. The molecule has 28 heavy (non-hydrogen) atoms. The predicted octanol–water partition coefficient (Wildman–Crippen LogP) is 3.90. The summed E-state index contributed by atoms with van der Waals surface area (Å²) >= 11 is 0. The standard InChI is InChI=1S/C24H28N2O2/c27-23(22-12-5-2-6-13-22)14-7-15-24(28)26-19-17-25(18-20-26)16-8-11-21-9-3-1-4-10-21/h1-6,8-13H,7,14-20H2/b11-8+. The van der Waals surface area contributed by atoms with E-state index in [0.717, 1.165) is 38.3 Å². The van der Waals surface area contributed by atoms with Crippen LogP contribution in [0.25, 0.3) is 6.08 Å². The molecule has 4 nitrogen and oxygen atoms in total. The van der Waals surface area contributed by atoms with Gasteiger partial charge in [-0.1, -0.05) is 72.8 Å². The van der Waals surface area contributed by atoms with Crippen LogP contribution < -0.4 is 0 Å². The summed E-state index contributed by atoms with van der Waals surface area (Å²) in [6.07, 6.45) is 5.82. The fourth-order valence-corrected chi connectivity index (χ4v) is 3.41. The van der Waals surface area contributed by atoms with Gasteiger partial charge in [0.25, 0.3) is 0 Å². The summed E-state index contributed by atoms with van der Waals surface area (Å²) in [4.78, 5) is 28.8. The van der Waals surface area contributed by atoms with Crippen molar-refractivity contribution in [3.8, 4) is 0 Å². The van der Waals surface area contributed by atoms with Crippen LogP contribution in [0.4, 0.5) is 0 Å². The topological polar surface area (TPSA) is 40.6 Å². The Morgan fingerprint density at radius 2 is 1.46 bits per heavy atom. The van der Waals surface area contributed by atoms with Crippen molar-refractivity contribution >= 4 is 17.8 Å². The number of nitrogens with zero attached hydrogens (tertiary/aromatic N) is 2. The van der Waals surface area contributed by atoms with Gasteiger partial charge in [-0.05, 0) is 12.0 Å². The molecule has 1 aliphatic rings. The van der Waals surface area contributed by atoms with E-state index in [4.69, 9.17) is 0 Å². The highest BCUT2D eigenvalue weighted by molar-refractivity contribution is 5.96. The second-order valence-electron chi connectivity index (χ2n) is 7.14. The van der Waals surface area contributed by atoms with Gasteiger partial charge in [0, 0.05) is 51.1 Å². The number of rotatable bonds is 8. The first kappa shape index (κ1) is 20.0. The van der Waals surface area contributed by atoms with E-state index in [1.807, 2.05) is 53.4 Å². The Labute approximate surface area is 167 Å². The fourth-order valence-electron chi connectivity index (χ4n) is 3.41. The summed E-state index contributed by atoms with van der Waals surface area (Å²) in [5.74, 6) is 0.281. The molecule has 1 aliphatic heterocycles. The number of amides is 1. The van der Waals surface area contributed by atoms with Gasteiger partial charge >= 0.3 is 0 Å². The Hall–Kier alpha value is -2.72. The van der Waals surface area contributed by atoms with Gasteiger partial charge in [0.05, 0.1) is 0 Å². The van der Waals surface area contributed by atoms with Gasteiger partial charge in [-0.25, -0.2) is 0 Å². The molecule has 0 unspecified atom stereocenters. The van der Waals surface area contributed by atoms with Gasteiger partial charge in [-0.2, -0.15) is 0 Å². The van der Waals surface area contributed by atoms with Crippen LogP contribution in [0, 0.1) is 0 Å².